The lowest BCUT2D eigenvalue weighted by Gasteiger charge is -2.02. The van der Waals surface area contributed by atoms with Gasteiger partial charge in [0.25, 0.3) is 11.1 Å². The van der Waals surface area contributed by atoms with E-state index in [0.717, 1.165) is 10.7 Å². The third-order valence-corrected chi connectivity index (χ3v) is 1.98. The second kappa shape index (κ2) is 5.11. The highest BCUT2D eigenvalue weighted by atomic mass is 16.5. The number of carbonyl (C=O) groups excluding carboxylic acids is 1. The largest absolute Gasteiger partial charge is 0.466 e. The van der Waals surface area contributed by atoms with Crippen molar-refractivity contribution in [3.8, 4) is 0 Å². The Morgan fingerprint density at radius 3 is 2.81 bits per heavy atom. The maximum atomic E-state index is 11.3. The molecule has 0 fully saturated rings. The van der Waals surface area contributed by atoms with Crippen molar-refractivity contribution < 1.29 is 9.53 Å². The fourth-order valence-electron chi connectivity index (χ4n) is 1.07. The molecule has 0 unspecified atom stereocenters. The van der Waals surface area contributed by atoms with Gasteiger partial charge in [0.2, 0.25) is 0 Å². The highest BCUT2D eigenvalue weighted by Crippen LogP contribution is 1.95. The van der Waals surface area contributed by atoms with Gasteiger partial charge in [0.15, 0.2) is 0 Å². The van der Waals surface area contributed by atoms with Crippen LogP contribution in [-0.4, -0.2) is 22.9 Å². The Morgan fingerprint density at radius 1 is 1.50 bits per heavy atom. The number of aromatic nitrogens is 2. The fraction of sp³-hybridized carbons (Fsp3) is 0.300. The number of rotatable bonds is 3. The molecule has 1 aromatic rings. The topological polar surface area (TPSA) is 81.2 Å². The van der Waals surface area contributed by atoms with Gasteiger partial charge in [-0.15, -0.1) is 0 Å². The average molecular weight is 224 g/mol. The van der Waals surface area contributed by atoms with Crippen molar-refractivity contribution in [3.05, 3.63) is 44.5 Å². The Labute approximate surface area is 91.1 Å². The number of carbonyl (C=O) groups is 1. The summed E-state index contributed by atoms with van der Waals surface area (Å²) in [5.74, 6) is -0.466. The first-order valence-electron chi connectivity index (χ1n) is 4.60. The zero-order chi connectivity index (χ0) is 12.1. The van der Waals surface area contributed by atoms with Gasteiger partial charge >= 0.3 is 5.97 Å². The van der Waals surface area contributed by atoms with E-state index in [1.165, 1.54) is 19.3 Å². The van der Waals surface area contributed by atoms with Crippen molar-refractivity contribution in [2.75, 3.05) is 7.11 Å². The Kier molecular flexibility index (Phi) is 3.82. The van der Waals surface area contributed by atoms with Crippen molar-refractivity contribution >= 4 is 5.97 Å². The second-order valence-electron chi connectivity index (χ2n) is 3.14. The molecule has 0 spiro atoms. The Hall–Kier alpha value is -2.11. The molecule has 0 aromatic carbocycles. The number of allylic oxidation sites excluding steroid dienone is 1. The summed E-state index contributed by atoms with van der Waals surface area (Å²) in [6, 6.07) is 2.32. The standard InChI is InChI=1S/C10H12N2O4/c1-7(10(15)16-2)5-6-12-9(14)4-3-8(13)11-12/h3-5H,6H2,1-2H3,(H,11,13). The SMILES string of the molecule is COC(=O)C(C)=CCn1[nH]c(=O)ccc1=O. The predicted octanol–water partition coefficient (Wildman–Crippen LogP) is -0.344. The summed E-state index contributed by atoms with van der Waals surface area (Å²) in [5, 5.41) is 2.34. The molecule has 1 heterocycles. The molecule has 0 aliphatic carbocycles. The molecule has 0 saturated carbocycles. The van der Waals surface area contributed by atoms with Gasteiger partial charge in [-0.2, -0.15) is 0 Å². The minimum absolute atomic E-state index is 0.121. The summed E-state index contributed by atoms with van der Waals surface area (Å²) in [4.78, 5) is 33.3. The molecule has 0 bridgehead atoms. The minimum atomic E-state index is -0.466. The minimum Gasteiger partial charge on any atom is -0.466 e. The Bertz CT molecular complexity index is 524. The van der Waals surface area contributed by atoms with Gasteiger partial charge in [-0.1, -0.05) is 6.08 Å². The molecular weight excluding hydrogens is 212 g/mol. The molecule has 16 heavy (non-hydrogen) atoms. The zero-order valence-electron chi connectivity index (χ0n) is 9.02. The van der Waals surface area contributed by atoms with Crippen LogP contribution in [0.5, 0.6) is 0 Å². The number of hydrogen-bond donors (Lipinski definition) is 1. The van der Waals surface area contributed by atoms with Crippen molar-refractivity contribution in [1.82, 2.24) is 9.78 Å². The molecule has 0 aliphatic rings. The molecule has 6 heteroatoms. The van der Waals surface area contributed by atoms with Crippen LogP contribution in [0.15, 0.2) is 33.4 Å². The van der Waals surface area contributed by atoms with Gasteiger partial charge in [-0.25, -0.2) is 9.48 Å². The highest BCUT2D eigenvalue weighted by molar-refractivity contribution is 5.87. The van der Waals surface area contributed by atoms with Crippen molar-refractivity contribution in [3.63, 3.8) is 0 Å². The van der Waals surface area contributed by atoms with Crippen LogP contribution < -0.4 is 11.1 Å². The summed E-state index contributed by atoms with van der Waals surface area (Å²) in [7, 11) is 1.27. The molecule has 0 radical (unpaired) electrons. The molecule has 0 amide bonds. The van der Waals surface area contributed by atoms with Crippen molar-refractivity contribution in [2.45, 2.75) is 13.5 Å². The smallest absolute Gasteiger partial charge is 0.333 e. The Morgan fingerprint density at radius 2 is 2.19 bits per heavy atom. The maximum Gasteiger partial charge on any atom is 0.333 e. The van der Waals surface area contributed by atoms with E-state index in [4.69, 9.17) is 0 Å². The van der Waals surface area contributed by atoms with Gasteiger partial charge in [-0.05, 0) is 6.92 Å². The van der Waals surface area contributed by atoms with Crippen LogP contribution >= 0.6 is 0 Å². The van der Waals surface area contributed by atoms with Crippen LogP contribution in [0, 0.1) is 0 Å². The van der Waals surface area contributed by atoms with E-state index in [9.17, 15) is 14.4 Å². The zero-order valence-corrected chi connectivity index (χ0v) is 9.02. The molecule has 0 aliphatic heterocycles. The van der Waals surface area contributed by atoms with E-state index >= 15 is 0 Å². The maximum absolute atomic E-state index is 11.3. The van der Waals surface area contributed by atoms with E-state index < -0.39 is 5.97 Å². The van der Waals surface area contributed by atoms with E-state index in [0.29, 0.717) is 5.57 Å². The molecule has 86 valence electrons. The van der Waals surface area contributed by atoms with Crippen LogP contribution in [-0.2, 0) is 16.1 Å². The van der Waals surface area contributed by atoms with Crippen molar-refractivity contribution in [2.24, 2.45) is 0 Å². The Balaban J connectivity index is 2.90. The van der Waals surface area contributed by atoms with Crippen LogP contribution in [0.3, 0.4) is 0 Å². The van der Waals surface area contributed by atoms with E-state index in [-0.39, 0.29) is 17.7 Å². The number of nitrogens with zero attached hydrogens (tertiary/aromatic N) is 1. The van der Waals surface area contributed by atoms with E-state index in [2.05, 4.69) is 9.84 Å². The lowest BCUT2D eigenvalue weighted by Crippen LogP contribution is -2.27. The summed E-state index contributed by atoms with van der Waals surface area (Å²) in [5.41, 5.74) is -0.337. The molecular formula is C10H12N2O4. The lowest BCUT2D eigenvalue weighted by molar-refractivity contribution is -0.136. The average Bonchev–Trinajstić information content (AvgIpc) is 2.28. The van der Waals surface area contributed by atoms with Crippen LogP contribution in [0.25, 0.3) is 0 Å². The van der Waals surface area contributed by atoms with Crippen molar-refractivity contribution in [1.29, 1.82) is 0 Å². The first-order chi connectivity index (χ1) is 7.54. The molecule has 1 aromatic heterocycles. The number of hydrogen-bond acceptors (Lipinski definition) is 4. The number of ether oxygens (including phenoxy) is 1. The van der Waals surface area contributed by atoms with Gasteiger partial charge < -0.3 is 4.74 Å². The molecule has 1 rings (SSSR count). The van der Waals surface area contributed by atoms with Gasteiger partial charge in [0.1, 0.15) is 0 Å². The summed E-state index contributed by atoms with van der Waals surface area (Å²) in [6.07, 6.45) is 1.50. The summed E-state index contributed by atoms with van der Waals surface area (Å²) in [6.45, 7) is 1.69. The number of methoxy groups -OCH3 is 1. The van der Waals surface area contributed by atoms with Crippen LogP contribution in [0.2, 0.25) is 0 Å². The van der Waals surface area contributed by atoms with Crippen LogP contribution in [0.1, 0.15) is 6.92 Å². The summed E-state index contributed by atoms with van der Waals surface area (Å²) < 4.78 is 5.59. The third-order valence-electron chi connectivity index (χ3n) is 1.98. The van der Waals surface area contributed by atoms with E-state index in [1.54, 1.807) is 6.92 Å². The summed E-state index contributed by atoms with van der Waals surface area (Å²) >= 11 is 0. The quantitative estimate of drug-likeness (QED) is 0.562. The molecule has 1 N–H and O–H groups in total. The first kappa shape index (κ1) is 12.0. The van der Waals surface area contributed by atoms with E-state index in [1.807, 2.05) is 0 Å². The van der Waals surface area contributed by atoms with Gasteiger partial charge in [0.05, 0.1) is 13.7 Å². The first-order valence-corrected chi connectivity index (χ1v) is 4.60. The normalized spacial score (nSPS) is 11.2. The molecule has 0 atom stereocenters. The van der Waals surface area contributed by atoms with Gasteiger partial charge in [0, 0.05) is 17.7 Å². The molecule has 6 nitrogen and oxygen atoms in total. The highest BCUT2D eigenvalue weighted by Gasteiger charge is 2.02. The van der Waals surface area contributed by atoms with Crippen LogP contribution in [0.4, 0.5) is 0 Å². The third kappa shape index (κ3) is 2.94. The number of aromatic amines is 1. The monoisotopic (exact) mass is 224 g/mol. The van der Waals surface area contributed by atoms with Gasteiger partial charge in [-0.3, -0.25) is 14.7 Å². The number of esters is 1. The number of H-pyrrole nitrogens is 1. The lowest BCUT2D eigenvalue weighted by atomic mass is 10.3. The second-order valence-corrected chi connectivity index (χ2v) is 3.14. The fourth-order valence-corrected chi connectivity index (χ4v) is 1.07. The predicted molar refractivity (Wildman–Crippen MR) is 57.1 cm³/mol. The number of nitrogens with one attached hydrogen (secondary N) is 1. The molecule has 0 saturated heterocycles.